The number of H-pyrrole nitrogens is 2. The fraction of sp³-hybridized carbons (Fsp3) is 0.200. The molecule has 0 aromatic carbocycles. The van der Waals surface area contributed by atoms with Crippen LogP contribution < -0.4 is 16.5 Å². The predicted molar refractivity (Wildman–Crippen MR) is 41.6 cm³/mol. The number of carbonyl (C=O) groups excluding carboxylic acids is 1. The lowest BCUT2D eigenvalue weighted by atomic mass is 10.3. The number of fused-ring (bicyclic) bond motifs is 1. The molecule has 0 aliphatic carbocycles. The Hall–Kier alpha value is -1.84. The van der Waals surface area contributed by atoms with Crippen LogP contribution in [-0.2, 0) is 0 Å². The van der Waals surface area contributed by atoms with E-state index >= 15 is 0 Å². The summed E-state index contributed by atoms with van der Waals surface area (Å²) in [6, 6.07) is 0. The Labute approximate surface area is 76.3 Å². The molecule has 1 amide bonds. The molecule has 2 heterocycles. The van der Waals surface area contributed by atoms with Crippen molar-refractivity contribution in [3.63, 3.8) is 0 Å². The average molecular weight is 201 g/mol. The number of nitrogens with zero attached hydrogens (tertiary/aromatic N) is 2. The molecule has 14 heavy (non-hydrogen) atoms. The minimum Gasteiger partial charge on any atom is -0.300 e. The average Bonchev–Trinajstić information content (AvgIpc) is 2.54. The highest BCUT2D eigenvalue weighted by Crippen LogP contribution is 2.21. The van der Waals surface area contributed by atoms with Gasteiger partial charge >= 0.3 is 11.6 Å². The molecular weight excluding hydrogens is 194 g/mol. The van der Waals surface area contributed by atoms with Crippen LogP contribution >= 0.6 is 0 Å². The number of nitrogens with two attached hydrogens (primary N) is 1. The van der Waals surface area contributed by atoms with Gasteiger partial charge in [0.25, 0.3) is 0 Å². The highest BCUT2D eigenvalue weighted by molar-refractivity contribution is 5.98. The van der Waals surface area contributed by atoms with Crippen molar-refractivity contribution in [3.8, 4) is 0 Å². The molecule has 9 heteroatoms. The first kappa shape index (κ1) is 8.74. The van der Waals surface area contributed by atoms with Crippen LogP contribution in [0.25, 0.3) is 0 Å². The lowest BCUT2D eigenvalue weighted by Gasteiger charge is -2.32. The highest BCUT2D eigenvalue weighted by Gasteiger charge is 2.36. The van der Waals surface area contributed by atoms with Crippen molar-refractivity contribution >= 4 is 11.7 Å². The maximum Gasteiger partial charge on any atom is 0.325 e. The number of rotatable bonds is 0. The van der Waals surface area contributed by atoms with Crippen LogP contribution in [-0.4, -0.2) is 37.6 Å². The SMILES string of the molecule is NC1N(O)C(=O)c2[nH]c(=O)[nH]c2N1O. The van der Waals surface area contributed by atoms with E-state index in [4.69, 9.17) is 10.9 Å². The van der Waals surface area contributed by atoms with Crippen molar-refractivity contribution in [2.75, 3.05) is 5.06 Å². The number of nitrogens with one attached hydrogen (secondary N) is 2. The molecular formula is C5H7N5O4. The van der Waals surface area contributed by atoms with E-state index in [1.54, 1.807) is 0 Å². The zero-order valence-corrected chi connectivity index (χ0v) is 6.76. The van der Waals surface area contributed by atoms with Gasteiger partial charge in [0.05, 0.1) is 0 Å². The third-order valence-corrected chi connectivity index (χ3v) is 1.86. The molecule has 0 spiro atoms. The molecule has 9 nitrogen and oxygen atoms in total. The Balaban J connectivity index is 2.61. The Morgan fingerprint density at radius 1 is 1.21 bits per heavy atom. The van der Waals surface area contributed by atoms with Gasteiger partial charge in [-0.15, -0.1) is 0 Å². The summed E-state index contributed by atoms with van der Waals surface area (Å²) >= 11 is 0. The normalized spacial score (nSPS) is 21.4. The van der Waals surface area contributed by atoms with Gasteiger partial charge in [-0.25, -0.2) is 4.79 Å². The molecule has 0 radical (unpaired) electrons. The Bertz CT molecular complexity index is 436. The number of amides is 1. The number of anilines is 1. The molecule has 1 atom stereocenters. The van der Waals surface area contributed by atoms with E-state index in [2.05, 4.69) is 9.97 Å². The van der Waals surface area contributed by atoms with Gasteiger partial charge in [-0.2, -0.15) is 10.1 Å². The zero-order chi connectivity index (χ0) is 10.5. The van der Waals surface area contributed by atoms with Crippen LogP contribution in [0.2, 0.25) is 0 Å². The number of aromatic amines is 2. The molecule has 2 rings (SSSR count). The summed E-state index contributed by atoms with van der Waals surface area (Å²) in [6.45, 7) is 0. The zero-order valence-electron chi connectivity index (χ0n) is 6.76. The molecule has 1 aromatic heterocycles. The summed E-state index contributed by atoms with van der Waals surface area (Å²) in [4.78, 5) is 26.3. The first-order chi connectivity index (χ1) is 6.52. The number of carbonyl (C=O) groups is 1. The van der Waals surface area contributed by atoms with Crippen LogP contribution in [0.15, 0.2) is 4.79 Å². The summed E-state index contributed by atoms with van der Waals surface area (Å²) in [5, 5.41) is 18.9. The fourth-order valence-corrected chi connectivity index (χ4v) is 1.17. The molecule has 0 saturated heterocycles. The van der Waals surface area contributed by atoms with Crippen molar-refractivity contribution < 1.29 is 15.2 Å². The highest BCUT2D eigenvalue weighted by atomic mass is 16.6. The number of hydroxylamine groups is 3. The maximum absolute atomic E-state index is 11.3. The second kappa shape index (κ2) is 2.57. The number of imidazole rings is 1. The molecule has 1 unspecified atom stereocenters. The van der Waals surface area contributed by atoms with Gasteiger partial charge in [-0.05, 0) is 0 Å². The van der Waals surface area contributed by atoms with E-state index in [1.807, 2.05) is 0 Å². The minimum absolute atomic E-state index is 0.103. The first-order valence-corrected chi connectivity index (χ1v) is 3.61. The summed E-state index contributed by atoms with van der Waals surface area (Å²) < 4.78 is 0. The number of hydrogen-bond donors (Lipinski definition) is 5. The van der Waals surface area contributed by atoms with Crippen molar-refractivity contribution in [2.24, 2.45) is 5.73 Å². The molecule has 0 fully saturated rings. The van der Waals surface area contributed by atoms with Gasteiger partial charge < -0.3 is 0 Å². The van der Waals surface area contributed by atoms with Crippen LogP contribution in [0.3, 0.4) is 0 Å². The summed E-state index contributed by atoms with van der Waals surface area (Å²) in [6.07, 6.45) is -1.44. The summed E-state index contributed by atoms with van der Waals surface area (Å²) in [7, 11) is 0. The lowest BCUT2D eigenvalue weighted by molar-refractivity contribution is -0.109. The van der Waals surface area contributed by atoms with E-state index in [0.29, 0.717) is 5.06 Å². The quantitative estimate of drug-likeness (QED) is 0.307. The molecule has 0 saturated carbocycles. The van der Waals surface area contributed by atoms with Crippen molar-refractivity contribution in [3.05, 3.63) is 16.2 Å². The van der Waals surface area contributed by atoms with Gasteiger partial charge in [-0.3, -0.25) is 30.9 Å². The topological polar surface area (TPSA) is 139 Å². The molecule has 1 aliphatic rings. The monoisotopic (exact) mass is 201 g/mol. The second-order valence-electron chi connectivity index (χ2n) is 2.71. The molecule has 6 N–H and O–H groups in total. The van der Waals surface area contributed by atoms with E-state index in [9.17, 15) is 14.8 Å². The van der Waals surface area contributed by atoms with Crippen LogP contribution in [0.1, 0.15) is 10.5 Å². The van der Waals surface area contributed by atoms with Crippen molar-refractivity contribution in [1.29, 1.82) is 0 Å². The van der Waals surface area contributed by atoms with Crippen molar-refractivity contribution in [1.82, 2.24) is 15.0 Å². The van der Waals surface area contributed by atoms with Gasteiger partial charge in [0, 0.05) is 0 Å². The van der Waals surface area contributed by atoms with Gasteiger partial charge in [0.1, 0.15) is 0 Å². The van der Waals surface area contributed by atoms with Crippen molar-refractivity contribution in [2.45, 2.75) is 6.29 Å². The van der Waals surface area contributed by atoms with Gasteiger partial charge in [0.2, 0.25) is 6.29 Å². The Morgan fingerprint density at radius 2 is 1.86 bits per heavy atom. The van der Waals surface area contributed by atoms with Crippen LogP contribution in [0.5, 0.6) is 0 Å². The lowest BCUT2D eigenvalue weighted by Crippen LogP contribution is -2.57. The second-order valence-corrected chi connectivity index (χ2v) is 2.71. The summed E-state index contributed by atoms with van der Waals surface area (Å²) in [5.74, 6) is -1.06. The van der Waals surface area contributed by atoms with E-state index in [0.717, 1.165) is 0 Å². The standard InChI is InChI=1S/C5H7N5O4/c6-4-9(13)2-1(3(11)10(4)14)7-5(12)8-2/h4,13-14H,6H2,(H2,7,8,12). The molecule has 1 aromatic rings. The van der Waals surface area contributed by atoms with Gasteiger partial charge in [0.15, 0.2) is 11.5 Å². The van der Waals surface area contributed by atoms with E-state index < -0.39 is 17.9 Å². The smallest absolute Gasteiger partial charge is 0.300 e. The van der Waals surface area contributed by atoms with E-state index in [1.165, 1.54) is 0 Å². The van der Waals surface area contributed by atoms with E-state index in [-0.39, 0.29) is 16.6 Å². The predicted octanol–water partition coefficient (Wildman–Crippen LogP) is -2.01. The third kappa shape index (κ3) is 0.937. The Morgan fingerprint density at radius 3 is 2.50 bits per heavy atom. The maximum atomic E-state index is 11.3. The molecule has 76 valence electrons. The number of hydrogen-bond acceptors (Lipinski definition) is 6. The fourth-order valence-electron chi connectivity index (χ4n) is 1.17. The largest absolute Gasteiger partial charge is 0.325 e. The minimum atomic E-state index is -1.44. The molecule has 0 bridgehead atoms. The summed E-state index contributed by atoms with van der Waals surface area (Å²) in [5.41, 5.74) is 4.31. The number of aromatic nitrogens is 2. The van der Waals surface area contributed by atoms with Crippen LogP contribution in [0.4, 0.5) is 5.82 Å². The molecule has 1 aliphatic heterocycles. The third-order valence-electron chi connectivity index (χ3n) is 1.86. The Kier molecular flexibility index (Phi) is 1.61. The first-order valence-electron chi connectivity index (χ1n) is 3.61. The van der Waals surface area contributed by atoms with Gasteiger partial charge in [-0.1, -0.05) is 0 Å². The van der Waals surface area contributed by atoms with Crippen LogP contribution in [0, 0.1) is 0 Å².